The van der Waals surface area contributed by atoms with Crippen LogP contribution in [0.1, 0.15) is 142 Å². The second kappa shape index (κ2) is 13.8. The van der Waals surface area contributed by atoms with E-state index < -0.39 is 11.9 Å². The van der Waals surface area contributed by atoms with Crippen molar-refractivity contribution in [3.63, 3.8) is 0 Å². The highest BCUT2D eigenvalue weighted by atomic mass is 16.4. The summed E-state index contributed by atoms with van der Waals surface area (Å²) in [7, 11) is 0. The quantitative estimate of drug-likeness (QED) is 0.192. The molecule has 0 amide bonds. The molecule has 0 saturated carbocycles. The molecular weight excluding hydrogens is 496 g/mol. The van der Waals surface area contributed by atoms with Gasteiger partial charge in [0.2, 0.25) is 0 Å². The molecule has 0 fully saturated rings. The zero-order valence-electron chi connectivity index (χ0n) is 26.4. The summed E-state index contributed by atoms with van der Waals surface area (Å²) < 4.78 is 0. The van der Waals surface area contributed by atoms with Gasteiger partial charge in [-0.1, -0.05) is 130 Å². The van der Waals surface area contributed by atoms with Crippen molar-refractivity contribution in [2.45, 2.75) is 141 Å². The van der Waals surface area contributed by atoms with E-state index in [1.165, 1.54) is 47.9 Å². The molecule has 4 heteroatoms. The van der Waals surface area contributed by atoms with Gasteiger partial charge in [-0.15, -0.1) is 0 Å². The van der Waals surface area contributed by atoms with E-state index >= 15 is 0 Å². The molecule has 0 radical (unpaired) electrons. The molecular formula is C36H54O4. The molecule has 0 aliphatic rings. The first-order valence-corrected chi connectivity index (χ1v) is 15.1. The molecule has 0 unspecified atom stereocenters. The van der Waals surface area contributed by atoms with Gasteiger partial charge in [-0.3, -0.25) is 9.59 Å². The molecule has 2 aromatic rings. The molecule has 0 aromatic heterocycles. The predicted molar refractivity (Wildman–Crippen MR) is 166 cm³/mol. The first-order chi connectivity index (χ1) is 18.5. The van der Waals surface area contributed by atoms with Crippen molar-refractivity contribution >= 4 is 11.9 Å². The van der Waals surface area contributed by atoms with Crippen molar-refractivity contribution < 1.29 is 19.8 Å². The van der Waals surface area contributed by atoms with Crippen LogP contribution in [0.5, 0.6) is 0 Å². The largest absolute Gasteiger partial charge is 0.481 e. The topological polar surface area (TPSA) is 74.6 Å². The first kappa shape index (κ1) is 33.6. The summed E-state index contributed by atoms with van der Waals surface area (Å²) >= 11 is 0. The Kier molecular flexibility index (Phi) is 11.6. The number of benzene rings is 2. The maximum absolute atomic E-state index is 11.0. The van der Waals surface area contributed by atoms with Gasteiger partial charge in [0, 0.05) is 12.8 Å². The monoisotopic (exact) mass is 550 g/mol. The Labute approximate surface area is 243 Å². The number of rotatable bonds is 17. The first-order valence-electron chi connectivity index (χ1n) is 15.1. The van der Waals surface area contributed by atoms with E-state index in [2.05, 4.69) is 104 Å². The van der Waals surface area contributed by atoms with E-state index in [0.29, 0.717) is 12.8 Å². The Morgan fingerprint density at radius 3 is 0.900 bits per heavy atom. The third-order valence-corrected chi connectivity index (χ3v) is 9.18. The van der Waals surface area contributed by atoms with Crippen LogP contribution < -0.4 is 0 Å². The Morgan fingerprint density at radius 2 is 0.675 bits per heavy atom. The average Bonchev–Trinajstić information content (AvgIpc) is 2.88. The van der Waals surface area contributed by atoms with Crippen LogP contribution >= 0.6 is 0 Å². The predicted octanol–water partition coefficient (Wildman–Crippen LogP) is 9.57. The summed E-state index contributed by atoms with van der Waals surface area (Å²) in [6.45, 7) is 17.8. The molecule has 0 heterocycles. The maximum Gasteiger partial charge on any atom is 0.303 e. The Morgan fingerprint density at radius 1 is 0.450 bits per heavy atom. The van der Waals surface area contributed by atoms with Crippen molar-refractivity contribution in [1.82, 2.24) is 0 Å². The van der Waals surface area contributed by atoms with Gasteiger partial charge >= 0.3 is 11.9 Å². The molecule has 40 heavy (non-hydrogen) atoms. The van der Waals surface area contributed by atoms with Crippen molar-refractivity contribution in [2.75, 3.05) is 0 Å². The molecule has 0 atom stereocenters. The number of hydrogen-bond acceptors (Lipinski definition) is 2. The van der Waals surface area contributed by atoms with Crippen molar-refractivity contribution in [2.24, 2.45) is 0 Å². The standard InChI is InChI=1S/C36H54O4/c1-33(2,27-13-17-29(18-14-27)35(5,6)25-21-31(37)38)23-11-9-10-12-24-34(3,4)28-15-19-30(20-16-28)36(7,8)26-22-32(39)40/h13-20H,9-12,21-26H2,1-8H3,(H,37,38)(H,39,40). The lowest BCUT2D eigenvalue weighted by atomic mass is 9.76. The second-order valence-electron chi connectivity index (χ2n) is 14.4. The molecule has 2 rings (SSSR count). The maximum atomic E-state index is 11.0. The number of carboxylic acid groups (broad SMARTS) is 2. The van der Waals surface area contributed by atoms with Gasteiger partial charge in [-0.25, -0.2) is 0 Å². The van der Waals surface area contributed by atoms with Crippen LogP contribution in [-0.4, -0.2) is 22.2 Å². The van der Waals surface area contributed by atoms with Gasteiger partial charge in [0.1, 0.15) is 0 Å². The van der Waals surface area contributed by atoms with Gasteiger partial charge in [-0.05, 0) is 69.6 Å². The fourth-order valence-corrected chi connectivity index (χ4v) is 5.65. The third-order valence-electron chi connectivity index (χ3n) is 9.18. The van der Waals surface area contributed by atoms with Crippen LogP contribution in [0, 0.1) is 0 Å². The summed E-state index contributed by atoms with van der Waals surface area (Å²) in [5.74, 6) is -1.47. The molecule has 0 saturated heterocycles. The van der Waals surface area contributed by atoms with E-state index in [9.17, 15) is 9.59 Å². The van der Waals surface area contributed by atoms with Crippen LogP contribution in [0.4, 0.5) is 0 Å². The highest BCUT2D eigenvalue weighted by Crippen LogP contribution is 2.35. The minimum absolute atomic E-state index is 0.114. The van der Waals surface area contributed by atoms with E-state index in [4.69, 9.17) is 10.2 Å². The summed E-state index contributed by atoms with van der Waals surface area (Å²) in [6, 6.07) is 17.7. The number of aliphatic carboxylic acids is 2. The van der Waals surface area contributed by atoms with Gasteiger partial charge in [0.15, 0.2) is 0 Å². The summed E-state index contributed by atoms with van der Waals surface area (Å²) in [5.41, 5.74) is 5.04. The fraction of sp³-hybridized carbons (Fsp3) is 0.611. The Hall–Kier alpha value is -2.62. The lowest BCUT2D eigenvalue weighted by Crippen LogP contribution is -2.21. The van der Waals surface area contributed by atoms with Crippen LogP contribution in [0.3, 0.4) is 0 Å². The van der Waals surface area contributed by atoms with Gasteiger partial charge in [0.25, 0.3) is 0 Å². The normalized spacial score (nSPS) is 12.9. The number of carbonyl (C=O) groups is 2. The van der Waals surface area contributed by atoms with E-state index in [0.717, 1.165) is 12.8 Å². The number of carboxylic acids is 2. The molecule has 4 nitrogen and oxygen atoms in total. The number of hydrogen-bond donors (Lipinski definition) is 2. The zero-order chi connectivity index (χ0) is 30.2. The Balaban J connectivity index is 1.81. The van der Waals surface area contributed by atoms with Crippen LogP contribution in [0.2, 0.25) is 0 Å². The van der Waals surface area contributed by atoms with Crippen LogP contribution in [0.25, 0.3) is 0 Å². The Bertz CT molecular complexity index is 999. The van der Waals surface area contributed by atoms with Crippen molar-refractivity contribution in [3.8, 4) is 0 Å². The lowest BCUT2D eigenvalue weighted by Gasteiger charge is -2.29. The average molecular weight is 551 g/mol. The molecule has 0 spiro atoms. The molecule has 0 aliphatic carbocycles. The lowest BCUT2D eigenvalue weighted by molar-refractivity contribution is -0.138. The minimum atomic E-state index is -0.737. The van der Waals surface area contributed by atoms with E-state index in [1.807, 2.05) is 0 Å². The minimum Gasteiger partial charge on any atom is -0.481 e. The van der Waals surface area contributed by atoms with Crippen molar-refractivity contribution in [1.29, 1.82) is 0 Å². The van der Waals surface area contributed by atoms with Gasteiger partial charge in [0.05, 0.1) is 0 Å². The van der Waals surface area contributed by atoms with E-state index in [1.54, 1.807) is 0 Å². The third kappa shape index (κ3) is 10.1. The molecule has 222 valence electrons. The van der Waals surface area contributed by atoms with Crippen LogP contribution in [-0.2, 0) is 31.2 Å². The molecule has 2 aromatic carbocycles. The molecule has 0 bridgehead atoms. The van der Waals surface area contributed by atoms with E-state index in [-0.39, 0.29) is 34.5 Å². The van der Waals surface area contributed by atoms with Gasteiger partial charge in [-0.2, -0.15) is 0 Å². The smallest absolute Gasteiger partial charge is 0.303 e. The summed E-state index contributed by atoms with van der Waals surface area (Å²) in [5, 5.41) is 18.1. The van der Waals surface area contributed by atoms with Crippen molar-refractivity contribution in [3.05, 3.63) is 70.8 Å². The highest BCUT2D eigenvalue weighted by molar-refractivity contribution is 5.67. The summed E-state index contributed by atoms with van der Waals surface area (Å²) in [6.07, 6.45) is 8.84. The molecule has 2 N–H and O–H groups in total. The zero-order valence-corrected chi connectivity index (χ0v) is 26.4. The van der Waals surface area contributed by atoms with Gasteiger partial charge < -0.3 is 10.2 Å². The summed E-state index contributed by atoms with van der Waals surface area (Å²) in [4.78, 5) is 22.0. The molecule has 0 aliphatic heterocycles. The highest BCUT2D eigenvalue weighted by Gasteiger charge is 2.26. The fourth-order valence-electron chi connectivity index (χ4n) is 5.65. The number of unbranched alkanes of at least 4 members (excludes halogenated alkanes) is 3. The van der Waals surface area contributed by atoms with Crippen LogP contribution in [0.15, 0.2) is 48.5 Å². The second-order valence-corrected chi connectivity index (χ2v) is 14.4. The SMILES string of the molecule is CC(C)(CCCCCCC(C)(C)c1ccc(C(C)(C)CCC(=O)O)cc1)c1ccc(C(C)(C)CCC(=O)O)cc1.